The average molecular weight is 378 g/mol. The number of phenolic OH excluding ortho intramolecular Hbond substituents is 1. The zero-order valence-electron chi connectivity index (χ0n) is 14.3. The summed E-state index contributed by atoms with van der Waals surface area (Å²) in [5, 5.41) is 17.6. The van der Waals surface area contributed by atoms with E-state index in [-0.39, 0.29) is 18.0 Å². The molecule has 3 heterocycles. The van der Waals surface area contributed by atoms with Gasteiger partial charge in [-0.25, -0.2) is 5.01 Å². The first-order chi connectivity index (χ1) is 13.2. The maximum absolute atomic E-state index is 10.3. The normalized spacial score (nSPS) is 20.5. The van der Waals surface area contributed by atoms with Crippen molar-refractivity contribution < 1.29 is 9.84 Å². The Kier molecular flexibility index (Phi) is 3.76. The molecular weight excluding hydrogens is 362 g/mol. The maximum atomic E-state index is 10.3. The number of aromatic hydroxyl groups is 1. The highest BCUT2D eigenvalue weighted by molar-refractivity contribution is 6.31. The number of nitrogens with zero attached hydrogens (tertiary/aromatic N) is 3. The standard InChI is InChI=1S/C21H16ClN3O2/c22-14-7-8-19(26)16(10-14)17-11-18-15-5-1-2-6-20(15)27-21(25(18)24-17)13-4-3-9-23-12-13/h1-10,12,18,21,26H,11H2/t18-,21-/m0/s1. The lowest BCUT2D eigenvalue weighted by molar-refractivity contribution is -0.0192. The average Bonchev–Trinajstić information content (AvgIpc) is 3.15. The van der Waals surface area contributed by atoms with Crippen LogP contribution in [0.3, 0.4) is 0 Å². The lowest BCUT2D eigenvalue weighted by Crippen LogP contribution is -2.33. The van der Waals surface area contributed by atoms with Crippen LogP contribution < -0.4 is 4.74 Å². The van der Waals surface area contributed by atoms with Gasteiger partial charge in [-0.2, -0.15) is 5.10 Å². The summed E-state index contributed by atoms with van der Waals surface area (Å²) < 4.78 is 6.26. The molecule has 2 atom stereocenters. The van der Waals surface area contributed by atoms with Crippen molar-refractivity contribution in [3.05, 3.63) is 88.7 Å². The van der Waals surface area contributed by atoms with Gasteiger partial charge in [0.05, 0.1) is 11.8 Å². The summed E-state index contributed by atoms with van der Waals surface area (Å²) in [5.41, 5.74) is 3.45. The monoisotopic (exact) mass is 377 g/mol. The van der Waals surface area contributed by atoms with Crippen LogP contribution in [0.25, 0.3) is 0 Å². The highest BCUT2D eigenvalue weighted by Crippen LogP contribution is 2.47. The predicted octanol–water partition coefficient (Wildman–Crippen LogP) is 4.68. The van der Waals surface area contributed by atoms with Gasteiger partial charge < -0.3 is 9.84 Å². The van der Waals surface area contributed by atoms with Crippen molar-refractivity contribution in [1.82, 2.24) is 9.99 Å². The van der Waals surface area contributed by atoms with E-state index in [1.54, 1.807) is 30.6 Å². The first-order valence-corrected chi connectivity index (χ1v) is 9.09. The molecule has 0 saturated heterocycles. The van der Waals surface area contributed by atoms with E-state index < -0.39 is 0 Å². The van der Waals surface area contributed by atoms with Gasteiger partial charge >= 0.3 is 0 Å². The fourth-order valence-corrected chi connectivity index (χ4v) is 3.85. The van der Waals surface area contributed by atoms with Crippen LogP contribution in [0.5, 0.6) is 11.5 Å². The molecule has 0 amide bonds. The molecule has 134 valence electrons. The molecule has 2 aliphatic heterocycles. The molecular formula is C21H16ClN3O2. The van der Waals surface area contributed by atoms with E-state index in [0.29, 0.717) is 17.0 Å². The number of phenols is 1. The lowest BCUT2D eigenvalue weighted by atomic mass is 9.96. The topological polar surface area (TPSA) is 58.0 Å². The molecule has 2 aromatic carbocycles. The minimum Gasteiger partial charge on any atom is -0.507 e. The van der Waals surface area contributed by atoms with Gasteiger partial charge in [0.15, 0.2) is 0 Å². The van der Waals surface area contributed by atoms with Crippen molar-refractivity contribution in [2.24, 2.45) is 5.10 Å². The summed E-state index contributed by atoms with van der Waals surface area (Å²) in [6, 6.07) is 16.9. The summed E-state index contributed by atoms with van der Waals surface area (Å²) in [4.78, 5) is 4.22. The highest BCUT2D eigenvalue weighted by Gasteiger charge is 2.41. The lowest BCUT2D eigenvalue weighted by Gasteiger charge is -2.38. The Morgan fingerprint density at radius 2 is 2.00 bits per heavy atom. The Balaban J connectivity index is 1.62. The summed E-state index contributed by atoms with van der Waals surface area (Å²) in [6.45, 7) is 0. The number of hydrogen-bond acceptors (Lipinski definition) is 5. The van der Waals surface area contributed by atoms with Gasteiger partial charge in [-0.3, -0.25) is 4.98 Å². The summed E-state index contributed by atoms with van der Waals surface area (Å²) >= 11 is 6.14. The molecule has 27 heavy (non-hydrogen) atoms. The number of fused-ring (bicyclic) bond motifs is 3. The molecule has 5 rings (SSSR count). The van der Waals surface area contributed by atoms with Crippen LogP contribution in [0.4, 0.5) is 0 Å². The molecule has 0 aliphatic carbocycles. The zero-order chi connectivity index (χ0) is 18.4. The van der Waals surface area contributed by atoms with E-state index >= 15 is 0 Å². The minimum atomic E-state index is -0.377. The van der Waals surface area contributed by atoms with Crippen LogP contribution in [0.1, 0.15) is 35.4 Å². The Bertz CT molecular complexity index is 1040. The van der Waals surface area contributed by atoms with Gasteiger partial charge in [-0.15, -0.1) is 0 Å². The number of pyridine rings is 1. The molecule has 0 fully saturated rings. The largest absolute Gasteiger partial charge is 0.507 e. The molecule has 0 bridgehead atoms. The van der Waals surface area contributed by atoms with Crippen molar-refractivity contribution in [1.29, 1.82) is 0 Å². The highest BCUT2D eigenvalue weighted by atomic mass is 35.5. The fraction of sp³-hybridized carbons (Fsp3) is 0.143. The van der Waals surface area contributed by atoms with Gasteiger partial charge in [0, 0.05) is 40.5 Å². The van der Waals surface area contributed by atoms with Gasteiger partial charge in [-0.05, 0) is 30.3 Å². The summed E-state index contributed by atoms with van der Waals surface area (Å²) in [6.07, 6.45) is 3.81. The third-order valence-electron chi connectivity index (χ3n) is 4.94. The second-order valence-corrected chi connectivity index (χ2v) is 7.04. The smallest absolute Gasteiger partial charge is 0.215 e. The van der Waals surface area contributed by atoms with E-state index in [1.807, 2.05) is 35.3 Å². The Hall–Kier alpha value is -3.05. The van der Waals surface area contributed by atoms with Gasteiger partial charge in [0.25, 0.3) is 0 Å². The van der Waals surface area contributed by atoms with Crippen molar-refractivity contribution in [3.8, 4) is 11.5 Å². The zero-order valence-corrected chi connectivity index (χ0v) is 15.0. The molecule has 0 unspecified atom stereocenters. The number of ether oxygens (including phenoxy) is 1. The van der Waals surface area contributed by atoms with Crippen LogP contribution in [-0.2, 0) is 0 Å². The molecule has 0 spiro atoms. The third-order valence-corrected chi connectivity index (χ3v) is 5.17. The predicted molar refractivity (Wildman–Crippen MR) is 103 cm³/mol. The van der Waals surface area contributed by atoms with E-state index in [1.165, 1.54) is 0 Å². The quantitative estimate of drug-likeness (QED) is 0.704. The van der Waals surface area contributed by atoms with Crippen molar-refractivity contribution in [2.75, 3.05) is 0 Å². The Morgan fingerprint density at radius 1 is 1.11 bits per heavy atom. The van der Waals surface area contributed by atoms with Gasteiger partial charge in [-0.1, -0.05) is 35.9 Å². The van der Waals surface area contributed by atoms with Crippen LogP contribution >= 0.6 is 11.6 Å². The number of benzene rings is 2. The van der Waals surface area contributed by atoms with E-state index in [2.05, 4.69) is 11.1 Å². The molecule has 5 nitrogen and oxygen atoms in total. The van der Waals surface area contributed by atoms with Crippen molar-refractivity contribution in [3.63, 3.8) is 0 Å². The van der Waals surface area contributed by atoms with Gasteiger partial charge in [0.1, 0.15) is 11.5 Å². The fourth-order valence-electron chi connectivity index (χ4n) is 3.68. The van der Waals surface area contributed by atoms with E-state index in [9.17, 15) is 5.11 Å². The number of hydrogen-bond donors (Lipinski definition) is 1. The van der Waals surface area contributed by atoms with Gasteiger partial charge in [0.2, 0.25) is 6.23 Å². The number of aromatic nitrogens is 1. The number of rotatable bonds is 2. The summed E-state index contributed by atoms with van der Waals surface area (Å²) in [5.74, 6) is 1.02. The minimum absolute atomic E-state index is 0.0218. The van der Waals surface area contributed by atoms with Crippen LogP contribution in [0.15, 0.2) is 72.1 Å². The molecule has 0 saturated carbocycles. The molecule has 3 aromatic rings. The van der Waals surface area contributed by atoms with Crippen LogP contribution in [0, 0.1) is 0 Å². The molecule has 6 heteroatoms. The third kappa shape index (κ3) is 2.71. The number of hydrazone groups is 1. The van der Waals surface area contributed by atoms with Crippen molar-refractivity contribution >= 4 is 17.3 Å². The Labute approximate surface area is 161 Å². The van der Waals surface area contributed by atoms with Crippen LogP contribution in [0.2, 0.25) is 5.02 Å². The van der Waals surface area contributed by atoms with Crippen LogP contribution in [-0.4, -0.2) is 20.8 Å². The molecule has 1 aromatic heterocycles. The van der Waals surface area contributed by atoms with E-state index in [0.717, 1.165) is 22.6 Å². The Morgan fingerprint density at radius 3 is 2.85 bits per heavy atom. The number of para-hydroxylation sites is 1. The molecule has 2 aliphatic rings. The second kappa shape index (κ2) is 6.28. The molecule has 0 radical (unpaired) electrons. The first-order valence-electron chi connectivity index (χ1n) is 8.71. The SMILES string of the molecule is Oc1ccc(Cl)cc1C1=NN2[C@@H](C1)c1ccccc1O[C@H]2c1cccnc1. The second-order valence-electron chi connectivity index (χ2n) is 6.60. The summed E-state index contributed by atoms with van der Waals surface area (Å²) in [7, 11) is 0. The molecule has 1 N–H and O–H groups in total. The first kappa shape index (κ1) is 16.1. The number of halogens is 1. The van der Waals surface area contributed by atoms with E-state index in [4.69, 9.17) is 21.4 Å². The van der Waals surface area contributed by atoms with Crippen molar-refractivity contribution in [2.45, 2.75) is 18.7 Å². The maximum Gasteiger partial charge on any atom is 0.215 e.